The molecule has 3 fully saturated rings. The van der Waals surface area contributed by atoms with Gasteiger partial charge < -0.3 is 5.11 Å². The second kappa shape index (κ2) is 7.92. The van der Waals surface area contributed by atoms with Crippen LogP contribution >= 0.6 is 15.9 Å². The van der Waals surface area contributed by atoms with E-state index in [0.717, 1.165) is 10.0 Å². The van der Waals surface area contributed by atoms with Crippen LogP contribution in [0.4, 0.5) is 4.39 Å². The van der Waals surface area contributed by atoms with E-state index in [1.165, 1.54) is 6.92 Å². The van der Waals surface area contributed by atoms with Crippen molar-refractivity contribution in [2.45, 2.75) is 71.1 Å². The molecule has 0 aliphatic heterocycles. The molecule has 0 radical (unpaired) electrons. The largest absolute Gasteiger partial charge is 0.390 e. The number of aliphatic hydroxyl groups is 1. The first-order valence-electron chi connectivity index (χ1n) is 12.3. The monoisotopic (exact) mass is 530 g/mol. The summed E-state index contributed by atoms with van der Waals surface area (Å²) in [6, 6.07) is 7.16. The Morgan fingerprint density at radius 2 is 1.79 bits per heavy atom. The molecule has 0 heterocycles. The zero-order valence-corrected chi connectivity index (χ0v) is 21.5. The van der Waals surface area contributed by atoms with Crippen LogP contribution in [0.2, 0.25) is 0 Å². The average Bonchev–Trinajstić information content (AvgIpc) is 3.08. The molecule has 34 heavy (non-hydrogen) atoms. The van der Waals surface area contributed by atoms with Gasteiger partial charge in [0.05, 0.1) is 6.10 Å². The van der Waals surface area contributed by atoms with E-state index in [-0.39, 0.29) is 36.1 Å². The molecule has 1 aromatic carbocycles. The number of aliphatic hydroxyl groups excluding tert-OH is 1. The Hall–Kier alpha value is -1.66. The predicted octanol–water partition coefficient (Wildman–Crippen LogP) is 5.66. The van der Waals surface area contributed by atoms with Gasteiger partial charge in [-0.1, -0.05) is 47.5 Å². The van der Waals surface area contributed by atoms with Gasteiger partial charge in [0.2, 0.25) is 0 Å². The number of carbonyl (C=O) groups excluding carboxylic acids is 3. The summed E-state index contributed by atoms with van der Waals surface area (Å²) in [7, 11) is 0. The molecule has 0 bridgehead atoms. The van der Waals surface area contributed by atoms with Gasteiger partial charge in [0.25, 0.3) is 0 Å². The first kappa shape index (κ1) is 24.1. The predicted molar refractivity (Wildman–Crippen MR) is 130 cm³/mol. The Kier molecular flexibility index (Phi) is 5.61. The lowest BCUT2D eigenvalue weighted by Crippen LogP contribution is -2.67. The van der Waals surface area contributed by atoms with Crippen LogP contribution in [0.25, 0.3) is 0 Å². The van der Waals surface area contributed by atoms with Gasteiger partial charge in [0, 0.05) is 39.6 Å². The number of carbonyl (C=O) groups is 3. The normalized spacial score (nSPS) is 43.4. The highest BCUT2D eigenvalue weighted by Crippen LogP contribution is 2.70. The molecule has 5 rings (SSSR count). The van der Waals surface area contributed by atoms with E-state index >= 15 is 4.39 Å². The molecule has 0 spiro atoms. The second-order valence-corrected chi connectivity index (χ2v) is 12.4. The molecule has 4 nitrogen and oxygen atoms in total. The van der Waals surface area contributed by atoms with E-state index in [4.69, 9.17) is 0 Å². The lowest BCUT2D eigenvalue weighted by molar-refractivity contribution is -0.208. The summed E-state index contributed by atoms with van der Waals surface area (Å²) in [6.45, 7) is 5.38. The molecule has 1 aromatic rings. The fourth-order valence-electron chi connectivity index (χ4n) is 8.46. The van der Waals surface area contributed by atoms with Crippen LogP contribution in [0, 0.1) is 34.5 Å². The molecule has 3 saturated carbocycles. The fourth-order valence-corrected chi connectivity index (χ4v) is 8.72. The maximum absolute atomic E-state index is 17.3. The van der Waals surface area contributed by atoms with Crippen LogP contribution in [0.1, 0.15) is 69.7 Å². The van der Waals surface area contributed by atoms with Gasteiger partial charge in [-0.25, -0.2) is 4.39 Å². The minimum absolute atomic E-state index is 0.0299. The van der Waals surface area contributed by atoms with Gasteiger partial charge in [-0.2, -0.15) is 0 Å². The number of halogens is 2. The maximum Gasteiger partial charge on any atom is 0.166 e. The van der Waals surface area contributed by atoms with Gasteiger partial charge in [0.15, 0.2) is 11.6 Å². The number of ketones is 3. The van der Waals surface area contributed by atoms with Crippen LogP contribution in [-0.4, -0.2) is 34.2 Å². The third kappa shape index (κ3) is 3.13. The summed E-state index contributed by atoms with van der Waals surface area (Å²) >= 11 is 3.40. The highest BCUT2D eigenvalue weighted by molar-refractivity contribution is 9.10. The average molecular weight is 531 g/mol. The van der Waals surface area contributed by atoms with E-state index in [9.17, 15) is 19.5 Å². The molecule has 0 aromatic heterocycles. The number of Topliss-reactive ketones (excluding diaryl/α,β-unsaturated/α-hetero) is 2. The standard InChI is InChI=1S/C28H32BrFO4/c1-15(31)24-20(25(34)16-4-7-18(29)8-5-16)13-22-21-9-6-17-12-19(32)10-11-27(17,3)28(21,30)23(33)14-26(22,24)2/h4-5,7-8,12,20-24,33H,6,9-11,13-14H2,1-3H3/t20?,21-,22-,23?,24-,26-,27-,28-/m0/s1. The third-order valence-electron chi connectivity index (χ3n) is 10.0. The zero-order chi connectivity index (χ0) is 24.6. The summed E-state index contributed by atoms with van der Waals surface area (Å²) in [5.41, 5.74) is -2.05. The van der Waals surface area contributed by atoms with Gasteiger partial charge in [0.1, 0.15) is 11.5 Å². The summed E-state index contributed by atoms with van der Waals surface area (Å²) < 4.78 is 18.2. The number of allylic oxidation sites excluding steroid dienone is 1. The Balaban J connectivity index is 1.57. The fraction of sp³-hybridized carbons (Fsp3) is 0.607. The first-order valence-corrected chi connectivity index (χ1v) is 13.1. The third-order valence-corrected chi connectivity index (χ3v) is 10.5. The molecule has 2 unspecified atom stereocenters. The van der Waals surface area contributed by atoms with Crippen molar-refractivity contribution in [1.82, 2.24) is 0 Å². The van der Waals surface area contributed by atoms with E-state index in [1.54, 1.807) is 18.2 Å². The maximum atomic E-state index is 17.3. The minimum Gasteiger partial charge on any atom is -0.390 e. The second-order valence-electron chi connectivity index (χ2n) is 11.5. The molecule has 0 amide bonds. The van der Waals surface area contributed by atoms with Gasteiger partial charge >= 0.3 is 0 Å². The van der Waals surface area contributed by atoms with E-state index in [2.05, 4.69) is 15.9 Å². The summed E-state index contributed by atoms with van der Waals surface area (Å²) in [6.07, 6.45) is 2.78. The van der Waals surface area contributed by atoms with Crippen molar-refractivity contribution in [3.63, 3.8) is 0 Å². The van der Waals surface area contributed by atoms with Crippen molar-refractivity contribution in [2.24, 2.45) is 34.5 Å². The van der Waals surface area contributed by atoms with Crippen molar-refractivity contribution in [3.8, 4) is 0 Å². The van der Waals surface area contributed by atoms with Gasteiger partial charge in [-0.3, -0.25) is 14.4 Å². The van der Waals surface area contributed by atoms with E-state index < -0.39 is 40.4 Å². The Morgan fingerprint density at radius 1 is 1.12 bits per heavy atom. The van der Waals surface area contributed by atoms with Crippen LogP contribution in [0.3, 0.4) is 0 Å². The molecule has 4 aliphatic carbocycles. The zero-order valence-electron chi connectivity index (χ0n) is 19.9. The molecule has 0 saturated heterocycles. The van der Waals surface area contributed by atoms with E-state index in [1.807, 2.05) is 26.0 Å². The number of benzene rings is 1. The van der Waals surface area contributed by atoms with Crippen molar-refractivity contribution in [2.75, 3.05) is 0 Å². The van der Waals surface area contributed by atoms with Crippen LogP contribution in [-0.2, 0) is 9.59 Å². The molecule has 8 atom stereocenters. The number of rotatable bonds is 3. The smallest absolute Gasteiger partial charge is 0.166 e. The molecule has 182 valence electrons. The van der Waals surface area contributed by atoms with Gasteiger partial charge in [-0.05, 0) is 68.6 Å². The van der Waals surface area contributed by atoms with Gasteiger partial charge in [-0.15, -0.1) is 0 Å². The number of alkyl halides is 1. The van der Waals surface area contributed by atoms with Crippen LogP contribution in [0.15, 0.2) is 40.4 Å². The highest BCUT2D eigenvalue weighted by Gasteiger charge is 2.72. The van der Waals surface area contributed by atoms with Crippen molar-refractivity contribution < 1.29 is 23.9 Å². The lowest BCUT2D eigenvalue weighted by atomic mass is 9.44. The Labute approximate surface area is 208 Å². The van der Waals surface area contributed by atoms with Crippen LogP contribution in [0.5, 0.6) is 0 Å². The summed E-state index contributed by atoms with van der Waals surface area (Å²) in [5, 5.41) is 11.4. The molecular formula is C28H32BrFO4. The topological polar surface area (TPSA) is 71.4 Å². The lowest BCUT2D eigenvalue weighted by Gasteiger charge is -2.62. The van der Waals surface area contributed by atoms with Crippen LogP contribution < -0.4 is 0 Å². The SMILES string of the molecule is CC(=O)[C@H]1C(C(=O)c2ccc(Br)cc2)C[C@H]2[C@@H]3CCC4=CC(=O)CC[C@]4(C)[C@@]3(F)C(O)C[C@]12C. The number of fused-ring (bicyclic) bond motifs is 5. The first-order chi connectivity index (χ1) is 15.9. The van der Waals surface area contributed by atoms with Crippen molar-refractivity contribution in [1.29, 1.82) is 0 Å². The quantitative estimate of drug-likeness (QED) is 0.512. The van der Waals surface area contributed by atoms with Crippen molar-refractivity contribution >= 4 is 33.3 Å². The van der Waals surface area contributed by atoms with Crippen molar-refractivity contribution in [3.05, 3.63) is 46.0 Å². The summed E-state index contributed by atoms with van der Waals surface area (Å²) in [4.78, 5) is 38.7. The molecule has 1 N–H and O–H groups in total. The molecular weight excluding hydrogens is 499 g/mol. The molecule has 6 heteroatoms. The number of hydrogen-bond acceptors (Lipinski definition) is 4. The Morgan fingerprint density at radius 3 is 2.44 bits per heavy atom. The van der Waals surface area contributed by atoms with E-state index in [0.29, 0.717) is 31.2 Å². The minimum atomic E-state index is -1.88. The summed E-state index contributed by atoms with van der Waals surface area (Å²) in [5.74, 6) is -1.83. The molecule has 4 aliphatic rings. The Bertz CT molecular complexity index is 1100. The highest BCUT2D eigenvalue weighted by atomic mass is 79.9. The number of hydrogen-bond donors (Lipinski definition) is 1.